The summed E-state index contributed by atoms with van der Waals surface area (Å²) in [5, 5.41) is 3.46. The second-order valence-electron chi connectivity index (χ2n) is 7.52. The quantitative estimate of drug-likeness (QED) is 0.646. The van der Waals surface area contributed by atoms with Gasteiger partial charge in [0, 0.05) is 32.2 Å². The molecule has 2 heterocycles. The fraction of sp³-hybridized carbons (Fsp3) is 0.318. The van der Waals surface area contributed by atoms with Crippen molar-refractivity contribution in [3.63, 3.8) is 0 Å². The third kappa shape index (κ3) is 4.61. The summed E-state index contributed by atoms with van der Waals surface area (Å²) < 4.78 is 40.3. The van der Waals surface area contributed by atoms with Gasteiger partial charge in [-0.2, -0.15) is 13.2 Å². The van der Waals surface area contributed by atoms with Crippen LogP contribution in [0.2, 0.25) is 0 Å². The first-order valence-corrected chi connectivity index (χ1v) is 10.8. The van der Waals surface area contributed by atoms with Crippen molar-refractivity contribution in [3.05, 3.63) is 64.7 Å². The Morgan fingerprint density at radius 2 is 1.94 bits per heavy atom. The fourth-order valence-electron chi connectivity index (χ4n) is 3.79. The first kappa shape index (κ1) is 22.2. The first-order valence-electron chi connectivity index (χ1n) is 10.0. The van der Waals surface area contributed by atoms with Crippen molar-refractivity contribution in [2.45, 2.75) is 18.8 Å². The number of amides is 2. The molecule has 0 spiro atoms. The summed E-state index contributed by atoms with van der Waals surface area (Å²) in [6.07, 6.45) is -4.55. The monoisotopic (exact) mass is 462 g/mol. The van der Waals surface area contributed by atoms with Gasteiger partial charge in [0.05, 0.1) is 22.3 Å². The molecule has 1 aliphatic rings. The Labute approximate surface area is 186 Å². The Morgan fingerprint density at radius 3 is 2.66 bits per heavy atom. The van der Waals surface area contributed by atoms with E-state index in [2.05, 4.69) is 10.3 Å². The molecule has 0 radical (unpaired) electrons. The van der Waals surface area contributed by atoms with Crippen molar-refractivity contribution in [1.29, 1.82) is 0 Å². The van der Waals surface area contributed by atoms with Crippen LogP contribution in [0.5, 0.6) is 0 Å². The number of carbonyl (C=O) groups excluding carboxylic acids is 2. The molecule has 0 aliphatic carbocycles. The molecular formula is C22H21F3N4O2S. The van der Waals surface area contributed by atoms with E-state index in [1.165, 1.54) is 24.1 Å². The number of likely N-dealkylation sites (N-methyl/N-ethyl adjacent to an activating group) is 1. The molecule has 2 amide bonds. The third-order valence-electron chi connectivity index (χ3n) is 5.41. The van der Waals surface area contributed by atoms with Gasteiger partial charge in [-0.1, -0.05) is 18.2 Å². The Bertz CT molecular complexity index is 1110. The lowest BCUT2D eigenvalue weighted by Gasteiger charge is -2.40. The van der Waals surface area contributed by atoms with Crippen LogP contribution >= 0.6 is 11.3 Å². The maximum absolute atomic E-state index is 13.1. The molecule has 32 heavy (non-hydrogen) atoms. The fourth-order valence-corrected chi connectivity index (χ4v) is 4.80. The maximum Gasteiger partial charge on any atom is 0.416 e. The van der Waals surface area contributed by atoms with Gasteiger partial charge in [0.15, 0.2) is 0 Å². The summed E-state index contributed by atoms with van der Waals surface area (Å²) in [4.78, 5) is 33.6. The van der Waals surface area contributed by atoms with Crippen molar-refractivity contribution in [3.8, 4) is 0 Å². The van der Waals surface area contributed by atoms with Gasteiger partial charge in [0.1, 0.15) is 11.0 Å². The van der Waals surface area contributed by atoms with Crippen molar-refractivity contribution in [2.75, 3.05) is 26.7 Å². The predicted molar refractivity (Wildman–Crippen MR) is 115 cm³/mol. The summed E-state index contributed by atoms with van der Waals surface area (Å²) in [7, 11) is 1.47. The van der Waals surface area contributed by atoms with Gasteiger partial charge in [-0.05, 0) is 30.3 Å². The highest BCUT2D eigenvalue weighted by Gasteiger charge is 2.37. The molecule has 2 aromatic carbocycles. The van der Waals surface area contributed by atoms with Gasteiger partial charge in [-0.3, -0.25) is 14.5 Å². The molecule has 1 fully saturated rings. The van der Waals surface area contributed by atoms with Crippen molar-refractivity contribution in [1.82, 2.24) is 20.1 Å². The molecule has 4 rings (SSSR count). The molecule has 1 unspecified atom stereocenters. The van der Waals surface area contributed by atoms with Gasteiger partial charge in [-0.15, -0.1) is 11.3 Å². The zero-order valence-corrected chi connectivity index (χ0v) is 18.0. The summed E-state index contributed by atoms with van der Waals surface area (Å²) in [6, 6.07) is 11.3. The van der Waals surface area contributed by atoms with Crippen molar-refractivity contribution >= 4 is 33.4 Å². The smallest absolute Gasteiger partial charge is 0.357 e. The minimum absolute atomic E-state index is 0.0895. The van der Waals surface area contributed by atoms with Crippen LogP contribution < -0.4 is 5.32 Å². The maximum atomic E-state index is 13.1. The van der Waals surface area contributed by atoms with E-state index in [-0.39, 0.29) is 24.6 Å². The number of aromatic nitrogens is 1. The molecule has 168 valence electrons. The summed E-state index contributed by atoms with van der Waals surface area (Å²) in [5.74, 6) is -0.955. The van der Waals surface area contributed by atoms with E-state index in [1.807, 2.05) is 29.2 Å². The molecule has 3 aromatic rings. The Morgan fingerprint density at radius 1 is 1.16 bits per heavy atom. The lowest BCUT2D eigenvalue weighted by molar-refractivity contribution is -0.137. The number of halogens is 3. The van der Waals surface area contributed by atoms with Gasteiger partial charge < -0.3 is 10.2 Å². The van der Waals surface area contributed by atoms with E-state index in [1.54, 1.807) is 11.3 Å². The van der Waals surface area contributed by atoms with Crippen LogP contribution in [0.25, 0.3) is 10.2 Å². The zero-order chi connectivity index (χ0) is 22.9. The van der Waals surface area contributed by atoms with Gasteiger partial charge >= 0.3 is 6.18 Å². The number of fused-ring (bicyclic) bond motifs is 1. The molecule has 1 aromatic heterocycles. The molecule has 1 saturated heterocycles. The van der Waals surface area contributed by atoms with E-state index >= 15 is 0 Å². The Hall–Kier alpha value is -2.98. The third-order valence-corrected chi connectivity index (χ3v) is 6.43. The van der Waals surface area contributed by atoms with Gasteiger partial charge in [0.25, 0.3) is 5.91 Å². The predicted octanol–water partition coefficient (Wildman–Crippen LogP) is 3.39. The highest BCUT2D eigenvalue weighted by atomic mass is 32.1. The van der Waals surface area contributed by atoms with E-state index in [4.69, 9.17) is 0 Å². The molecule has 0 bridgehead atoms. The number of thiazole rings is 1. The summed E-state index contributed by atoms with van der Waals surface area (Å²) in [5.41, 5.74) is -0.0728. The minimum atomic E-state index is -4.55. The van der Waals surface area contributed by atoms with Crippen LogP contribution in [0.4, 0.5) is 13.2 Å². The van der Waals surface area contributed by atoms with Crippen LogP contribution in [0.15, 0.2) is 48.5 Å². The van der Waals surface area contributed by atoms with Gasteiger partial charge in [-0.25, -0.2) is 4.98 Å². The van der Waals surface area contributed by atoms with Crippen molar-refractivity contribution < 1.29 is 22.8 Å². The number of alkyl halides is 3. The van der Waals surface area contributed by atoms with Crippen LogP contribution in [-0.2, 0) is 17.5 Å². The van der Waals surface area contributed by atoms with Crippen LogP contribution in [0.3, 0.4) is 0 Å². The van der Waals surface area contributed by atoms with Crippen molar-refractivity contribution in [2.24, 2.45) is 0 Å². The SMILES string of the molecule is CNC(=O)C1CN(Cc2nc3ccccc3s2)CCN1C(=O)c1cccc(C(F)(F)F)c1. The number of nitrogens with zero attached hydrogens (tertiary/aromatic N) is 3. The highest BCUT2D eigenvalue weighted by Crippen LogP contribution is 2.30. The number of para-hydroxylation sites is 1. The Balaban J connectivity index is 1.53. The average molecular weight is 462 g/mol. The van der Waals surface area contributed by atoms with Gasteiger partial charge in [0.2, 0.25) is 5.91 Å². The molecule has 1 aliphatic heterocycles. The largest absolute Gasteiger partial charge is 0.416 e. The average Bonchev–Trinajstić information content (AvgIpc) is 3.20. The summed E-state index contributed by atoms with van der Waals surface area (Å²) >= 11 is 1.57. The molecule has 1 atom stereocenters. The second kappa shape index (κ2) is 8.87. The minimum Gasteiger partial charge on any atom is -0.357 e. The molecule has 6 nitrogen and oxygen atoms in total. The van der Waals surface area contributed by atoms with Crippen LogP contribution in [-0.4, -0.2) is 59.3 Å². The van der Waals surface area contributed by atoms with E-state index < -0.39 is 23.7 Å². The topological polar surface area (TPSA) is 65.5 Å². The molecule has 0 saturated carbocycles. The molecule has 1 N–H and O–H groups in total. The van der Waals surface area contributed by atoms with Crippen LogP contribution in [0.1, 0.15) is 20.9 Å². The van der Waals surface area contributed by atoms with E-state index in [9.17, 15) is 22.8 Å². The number of nitrogens with one attached hydrogen (secondary N) is 1. The summed E-state index contributed by atoms with van der Waals surface area (Å²) in [6.45, 7) is 1.49. The van der Waals surface area contributed by atoms with E-state index in [0.717, 1.165) is 27.4 Å². The lowest BCUT2D eigenvalue weighted by atomic mass is 10.1. The lowest BCUT2D eigenvalue weighted by Crippen LogP contribution is -2.60. The van der Waals surface area contributed by atoms with E-state index in [0.29, 0.717) is 13.1 Å². The van der Waals surface area contributed by atoms with Crippen LogP contribution in [0, 0.1) is 0 Å². The Kier molecular flexibility index (Phi) is 6.16. The number of hydrogen-bond acceptors (Lipinski definition) is 5. The zero-order valence-electron chi connectivity index (χ0n) is 17.2. The number of piperazine rings is 1. The number of benzene rings is 2. The number of rotatable bonds is 4. The highest BCUT2D eigenvalue weighted by molar-refractivity contribution is 7.18. The standard InChI is InChI=1S/C22H21F3N4O2S/c1-26-20(30)17-12-28(13-19-27-16-7-2-3-8-18(16)32-19)9-10-29(17)21(31)14-5-4-6-15(11-14)22(23,24)25/h2-8,11,17H,9-10,12-13H2,1H3,(H,26,30). The molecular weight excluding hydrogens is 441 g/mol. The number of carbonyl (C=O) groups is 2. The normalized spacial score (nSPS) is 17.5. The molecule has 10 heteroatoms. The number of hydrogen-bond donors (Lipinski definition) is 1. The second-order valence-corrected chi connectivity index (χ2v) is 8.63. The first-order chi connectivity index (χ1) is 15.3.